The molecule has 0 atom stereocenters. The number of fused-ring (bicyclic) bond motifs is 3. The van der Waals surface area contributed by atoms with E-state index in [0.717, 1.165) is 11.1 Å². The van der Waals surface area contributed by atoms with Crippen molar-refractivity contribution in [2.45, 2.75) is 13.5 Å². The van der Waals surface area contributed by atoms with Gasteiger partial charge in [-0.05, 0) is 36.8 Å². The Balaban J connectivity index is 1.98. The van der Waals surface area contributed by atoms with E-state index in [9.17, 15) is 9.59 Å². The van der Waals surface area contributed by atoms with E-state index in [1.807, 2.05) is 43.3 Å². The Labute approximate surface area is 149 Å². The van der Waals surface area contributed by atoms with Gasteiger partial charge >= 0.3 is 0 Å². The van der Waals surface area contributed by atoms with Crippen molar-refractivity contribution in [2.24, 2.45) is 0 Å². The third kappa shape index (κ3) is 2.65. The summed E-state index contributed by atoms with van der Waals surface area (Å²) in [5, 5.41) is 7.06. The molecule has 0 aliphatic carbocycles. The molecule has 0 bridgehead atoms. The Morgan fingerprint density at radius 1 is 1.04 bits per heavy atom. The second-order valence-corrected chi connectivity index (χ2v) is 6.07. The van der Waals surface area contributed by atoms with E-state index < -0.39 is 0 Å². The minimum Gasteiger partial charge on any atom is -0.352 e. The lowest BCUT2D eigenvalue weighted by Gasteiger charge is -2.13. The molecular weight excluding hydrogens is 328 g/mol. The molecule has 0 fully saturated rings. The maximum absolute atomic E-state index is 13.0. The molecule has 2 heterocycles. The van der Waals surface area contributed by atoms with Gasteiger partial charge in [0, 0.05) is 12.1 Å². The number of benzene rings is 2. The summed E-state index contributed by atoms with van der Waals surface area (Å²) in [5.74, 6) is -0.159. The first kappa shape index (κ1) is 16.1. The second kappa shape index (κ2) is 6.48. The predicted molar refractivity (Wildman–Crippen MR) is 101 cm³/mol. The molecule has 1 N–H and O–H groups in total. The Kier molecular flexibility index (Phi) is 4.01. The minimum absolute atomic E-state index is 0.132. The van der Waals surface area contributed by atoms with Gasteiger partial charge in [0.15, 0.2) is 0 Å². The van der Waals surface area contributed by atoms with E-state index in [4.69, 9.17) is 0 Å². The third-order valence-electron chi connectivity index (χ3n) is 4.38. The van der Waals surface area contributed by atoms with Crippen LogP contribution < -0.4 is 10.9 Å². The molecule has 2 aromatic heterocycles. The second-order valence-electron chi connectivity index (χ2n) is 6.07. The van der Waals surface area contributed by atoms with Gasteiger partial charge in [-0.1, -0.05) is 30.3 Å². The first-order chi connectivity index (χ1) is 12.7. The quantitative estimate of drug-likeness (QED) is 0.617. The summed E-state index contributed by atoms with van der Waals surface area (Å²) in [6.07, 6.45) is 1.61. The summed E-state index contributed by atoms with van der Waals surface area (Å²) in [4.78, 5) is 25.3. The normalized spacial score (nSPS) is 11.1. The molecule has 0 unspecified atom stereocenters. The molecule has 1 amide bonds. The van der Waals surface area contributed by atoms with Crippen molar-refractivity contribution < 1.29 is 4.79 Å². The summed E-state index contributed by atoms with van der Waals surface area (Å²) in [5.41, 5.74) is 3.38. The van der Waals surface area contributed by atoms with Crippen molar-refractivity contribution in [2.75, 3.05) is 6.54 Å². The van der Waals surface area contributed by atoms with E-state index in [2.05, 4.69) is 10.4 Å². The molecule has 0 saturated heterocycles. The maximum atomic E-state index is 13.0. The molecule has 0 saturated carbocycles. The molecule has 0 aliphatic heterocycles. The van der Waals surface area contributed by atoms with Gasteiger partial charge in [-0.25, -0.2) is 4.52 Å². The van der Waals surface area contributed by atoms with Gasteiger partial charge in [0.1, 0.15) is 5.52 Å². The highest BCUT2D eigenvalue weighted by Gasteiger charge is 2.14. The molecule has 6 nitrogen and oxygen atoms in total. The summed E-state index contributed by atoms with van der Waals surface area (Å²) in [7, 11) is 0. The van der Waals surface area contributed by atoms with Crippen LogP contribution in [0.2, 0.25) is 0 Å². The van der Waals surface area contributed by atoms with Crippen LogP contribution in [0.1, 0.15) is 22.8 Å². The summed E-state index contributed by atoms with van der Waals surface area (Å²) < 4.78 is 3.32. The van der Waals surface area contributed by atoms with E-state index in [0.29, 0.717) is 29.7 Å². The molecule has 0 aliphatic rings. The van der Waals surface area contributed by atoms with Crippen LogP contribution in [-0.4, -0.2) is 26.6 Å². The summed E-state index contributed by atoms with van der Waals surface area (Å²) in [6.45, 7) is 2.85. The first-order valence-corrected chi connectivity index (χ1v) is 8.51. The Hall–Kier alpha value is -3.41. The highest BCUT2D eigenvalue weighted by molar-refractivity contribution is 5.97. The van der Waals surface area contributed by atoms with E-state index in [1.165, 1.54) is 0 Å². The van der Waals surface area contributed by atoms with Crippen LogP contribution >= 0.6 is 0 Å². The molecule has 130 valence electrons. The zero-order chi connectivity index (χ0) is 18.1. The fourth-order valence-electron chi connectivity index (χ4n) is 3.15. The highest BCUT2D eigenvalue weighted by atomic mass is 16.1. The van der Waals surface area contributed by atoms with Crippen molar-refractivity contribution in [3.63, 3.8) is 0 Å². The number of carbonyl (C=O) groups excluding carboxylic acids is 1. The minimum atomic E-state index is -0.159. The van der Waals surface area contributed by atoms with E-state index in [-0.39, 0.29) is 11.5 Å². The number of amides is 1. The standard InChI is InChI=1S/C20H18N4O2/c1-2-21-19(25)15-8-9-16-18(12-15)23(13-14-6-4-3-5-7-14)20(26)17-10-11-22-24(16)17/h3-12H,2,13H2,1H3,(H,21,25). The lowest BCUT2D eigenvalue weighted by molar-refractivity contribution is 0.0956. The van der Waals surface area contributed by atoms with Crippen molar-refractivity contribution in [1.82, 2.24) is 19.5 Å². The third-order valence-corrected chi connectivity index (χ3v) is 4.38. The molecular formula is C20H18N4O2. The van der Waals surface area contributed by atoms with Gasteiger partial charge in [0.2, 0.25) is 0 Å². The summed E-state index contributed by atoms with van der Waals surface area (Å²) in [6, 6.07) is 16.8. The lowest BCUT2D eigenvalue weighted by atomic mass is 10.1. The van der Waals surface area contributed by atoms with Crippen LogP contribution in [0.4, 0.5) is 0 Å². The van der Waals surface area contributed by atoms with Gasteiger partial charge in [-0.15, -0.1) is 0 Å². The van der Waals surface area contributed by atoms with Crippen molar-refractivity contribution in [3.8, 4) is 0 Å². The number of carbonyl (C=O) groups is 1. The molecule has 4 aromatic rings. The summed E-state index contributed by atoms with van der Waals surface area (Å²) >= 11 is 0. The Bertz CT molecular complexity index is 1160. The zero-order valence-electron chi connectivity index (χ0n) is 14.3. The van der Waals surface area contributed by atoms with E-state index >= 15 is 0 Å². The van der Waals surface area contributed by atoms with Crippen LogP contribution in [0.5, 0.6) is 0 Å². The maximum Gasteiger partial charge on any atom is 0.277 e. The smallest absolute Gasteiger partial charge is 0.277 e. The van der Waals surface area contributed by atoms with Crippen LogP contribution in [0, 0.1) is 0 Å². The van der Waals surface area contributed by atoms with Crippen molar-refractivity contribution in [1.29, 1.82) is 0 Å². The fourth-order valence-corrected chi connectivity index (χ4v) is 3.15. The van der Waals surface area contributed by atoms with Crippen molar-refractivity contribution in [3.05, 3.63) is 82.3 Å². The molecule has 0 spiro atoms. The number of rotatable bonds is 4. The first-order valence-electron chi connectivity index (χ1n) is 8.51. The van der Waals surface area contributed by atoms with Gasteiger partial charge in [-0.3, -0.25) is 9.59 Å². The number of nitrogens with one attached hydrogen (secondary N) is 1. The van der Waals surface area contributed by atoms with Crippen LogP contribution in [0.15, 0.2) is 65.6 Å². The molecule has 0 radical (unpaired) electrons. The number of hydrogen-bond acceptors (Lipinski definition) is 3. The van der Waals surface area contributed by atoms with Crippen LogP contribution in [0.3, 0.4) is 0 Å². The monoisotopic (exact) mass is 346 g/mol. The molecule has 4 rings (SSSR count). The molecule has 2 aromatic carbocycles. The van der Waals surface area contributed by atoms with Crippen molar-refractivity contribution >= 4 is 22.5 Å². The Morgan fingerprint density at radius 3 is 2.62 bits per heavy atom. The van der Waals surface area contributed by atoms with Gasteiger partial charge in [-0.2, -0.15) is 5.10 Å². The van der Waals surface area contributed by atoms with Crippen LogP contribution in [0.25, 0.3) is 16.6 Å². The van der Waals surface area contributed by atoms with Gasteiger partial charge in [0.25, 0.3) is 11.5 Å². The fraction of sp³-hybridized carbons (Fsp3) is 0.150. The number of nitrogens with zero attached hydrogens (tertiary/aromatic N) is 3. The van der Waals surface area contributed by atoms with Gasteiger partial charge < -0.3 is 9.88 Å². The topological polar surface area (TPSA) is 68.4 Å². The largest absolute Gasteiger partial charge is 0.352 e. The molecule has 6 heteroatoms. The SMILES string of the molecule is CCNC(=O)c1ccc2c(c1)n(Cc1ccccc1)c(=O)c1ccnn12. The zero-order valence-corrected chi connectivity index (χ0v) is 14.3. The van der Waals surface area contributed by atoms with Crippen LogP contribution in [-0.2, 0) is 6.54 Å². The highest BCUT2D eigenvalue weighted by Crippen LogP contribution is 2.18. The molecule has 26 heavy (non-hydrogen) atoms. The lowest BCUT2D eigenvalue weighted by Crippen LogP contribution is -2.25. The van der Waals surface area contributed by atoms with E-state index in [1.54, 1.807) is 33.5 Å². The predicted octanol–water partition coefficient (Wildman–Crippen LogP) is 2.45. The Morgan fingerprint density at radius 2 is 1.85 bits per heavy atom. The van der Waals surface area contributed by atoms with Gasteiger partial charge in [0.05, 0.1) is 23.8 Å². The number of hydrogen-bond donors (Lipinski definition) is 1. The average Bonchev–Trinajstić information content (AvgIpc) is 3.16. The average molecular weight is 346 g/mol. The number of aromatic nitrogens is 3.